The van der Waals surface area contributed by atoms with Gasteiger partial charge in [-0.25, -0.2) is 9.78 Å². The maximum absolute atomic E-state index is 13.6. The van der Waals surface area contributed by atoms with E-state index in [1.807, 2.05) is 0 Å². The van der Waals surface area contributed by atoms with E-state index >= 15 is 0 Å². The summed E-state index contributed by atoms with van der Waals surface area (Å²) in [5.74, 6) is -1.03. The number of nitrogens with one attached hydrogen (secondary N) is 2. The molecule has 0 bridgehead atoms. The highest BCUT2D eigenvalue weighted by atomic mass is 32.1. The molecule has 4 heterocycles. The van der Waals surface area contributed by atoms with Gasteiger partial charge >= 0.3 is 5.97 Å². The number of methoxy groups -OCH3 is 1. The van der Waals surface area contributed by atoms with Crippen LogP contribution in [0.15, 0.2) is 35.3 Å². The Balaban J connectivity index is 1.63. The van der Waals surface area contributed by atoms with Crippen molar-refractivity contribution in [1.82, 2.24) is 14.0 Å². The molecule has 10 nitrogen and oxygen atoms in total. The van der Waals surface area contributed by atoms with E-state index in [4.69, 9.17) is 14.9 Å². The number of ether oxygens (including phenoxy) is 2. The Kier molecular flexibility index (Phi) is 7.39. The number of carbonyl (C=O) groups is 2. The highest BCUT2D eigenvalue weighted by Gasteiger charge is 2.28. The zero-order valence-corrected chi connectivity index (χ0v) is 22.2. The standard InChI is InChI=1S/C27H29N5O5S/c1-3-37-27(35)21-16-9-4-5-10-19(16)38-25(21)30-24(33)17-15-18-23(32(22(17)28)13-8-14-36-2)29-20-11-6-7-12-31(20)26(18)34/h6-7,11-12,15,28H,3-5,8-10,13-14H2,1-2H3,(H,30,33). The van der Waals surface area contributed by atoms with Crippen LogP contribution in [-0.4, -0.2) is 46.2 Å². The van der Waals surface area contributed by atoms with E-state index in [1.54, 1.807) is 43.0 Å². The Labute approximate surface area is 222 Å². The SMILES string of the molecule is CCOC(=O)c1c(NC(=O)c2cc3c(=O)n4ccccc4nc3n(CCCOC)c2=N)sc2c1CCCC2. The Bertz CT molecular complexity index is 1670. The average molecular weight is 536 g/mol. The van der Waals surface area contributed by atoms with Gasteiger partial charge in [0.15, 0.2) is 0 Å². The second kappa shape index (κ2) is 10.9. The lowest BCUT2D eigenvalue weighted by Gasteiger charge is -2.15. The van der Waals surface area contributed by atoms with Crippen LogP contribution in [0.1, 0.15) is 57.3 Å². The molecule has 1 aliphatic carbocycles. The Hall–Kier alpha value is -3.83. The number of fused-ring (bicyclic) bond motifs is 3. The van der Waals surface area contributed by atoms with Crippen molar-refractivity contribution in [2.75, 3.05) is 25.6 Å². The van der Waals surface area contributed by atoms with Crippen LogP contribution in [0.3, 0.4) is 0 Å². The smallest absolute Gasteiger partial charge is 0.341 e. The minimum Gasteiger partial charge on any atom is -0.462 e. The molecule has 1 amide bonds. The number of anilines is 1. The molecule has 2 N–H and O–H groups in total. The van der Waals surface area contributed by atoms with Gasteiger partial charge in [-0.05, 0) is 62.8 Å². The second-order valence-corrected chi connectivity index (χ2v) is 10.2. The lowest BCUT2D eigenvalue weighted by atomic mass is 9.95. The fourth-order valence-electron chi connectivity index (χ4n) is 4.89. The lowest BCUT2D eigenvalue weighted by molar-refractivity contribution is 0.0526. The van der Waals surface area contributed by atoms with Gasteiger partial charge in [-0.3, -0.25) is 19.4 Å². The predicted octanol–water partition coefficient (Wildman–Crippen LogP) is 3.53. The van der Waals surface area contributed by atoms with Crippen LogP contribution in [0.25, 0.3) is 16.7 Å². The number of aryl methyl sites for hydroxylation is 2. The normalized spacial score (nSPS) is 13.0. The average Bonchev–Trinajstić information content (AvgIpc) is 3.28. The number of hydrogen-bond donors (Lipinski definition) is 2. The van der Waals surface area contributed by atoms with Crippen molar-refractivity contribution >= 4 is 44.9 Å². The van der Waals surface area contributed by atoms with E-state index in [2.05, 4.69) is 10.3 Å². The van der Waals surface area contributed by atoms with E-state index in [9.17, 15) is 14.4 Å². The molecule has 4 aromatic rings. The van der Waals surface area contributed by atoms with Gasteiger partial charge in [-0.1, -0.05) is 6.07 Å². The first-order chi connectivity index (χ1) is 18.4. The zero-order chi connectivity index (χ0) is 26.8. The second-order valence-electron chi connectivity index (χ2n) is 9.08. The maximum Gasteiger partial charge on any atom is 0.341 e. The van der Waals surface area contributed by atoms with Crippen LogP contribution in [0.5, 0.6) is 0 Å². The van der Waals surface area contributed by atoms with Gasteiger partial charge in [0, 0.05) is 31.3 Å². The third-order valence-corrected chi connectivity index (χ3v) is 7.88. The third kappa shape index (κ3) is 4.63. The first kappa shape index (κ1) is 25.8. The van der Waals surface area contributed by atoms with E-state index in [-0.39, 0.29) is 28.6 Å². The van der Waals surface area contributed by atoms with Gasteiger partial charge < -0.3 is 19.4 Å². The van der Waals surface area contributed by atoms with Crippen molar-refractivity contribution < 1.29 is 19.1 Å². The van der Waals surface area contributed by atoms with Gasteiger partial charge in [0.25, 0.3) is 11.5 Å². The van der Waals surface area contributed by atoms with Gasteiger partial charge in [0.1, 0.15) is 21.8 Å². The van der Waals surface area contributed by atoms with Crippen LogP contribution in [0.4, 0.5) is 5.00 Å². The van der Waals surface area contributed by atoms with E-state index in [0.717, 1.165) is 36.1 Å². The molecule has 0 radical (unpaired) electrons. The lowest BCUT2D eigenvalue weighted by Crippen LogP contribution is -2.32. The summed E-state index contributed by atoms with van der Waals surface area (Å²) in [7, 11) is 1.59. The highest BCUT2D eigenvalue weighted by Crippen LogP contribution is 2.38. The molecule has 1 aliphatic rings. The van der Waals surface area contributed by atoms with E-state index in [0.29, 0.717) is 41.4 Å². The summed E-state index contributed by atoms with van der Waals surface area (Å²) in [5, 5.41) is 12.4. The molecular formula is C27H29N5O5S. The fraction of sp³-hybridized carbons (Fsp3) is 0.370. The van der Waals surface area contributed by atoms with Crippen molar-refractivity contribution in [1.29, 1.82) is 5.41 Å². The number of thiophene rings is 1. The zero-order valence-electron chi connectivity index (χ0n) is 21.3. The van der Waals surface area contributed by atoms with Crippen molar-refractivity contribution in [2.24, 2.45) is 0 Å². The van der Waals surface area contributed by atoms with Crippen molar-refractivity contribution in [3.63, 3.8) is 0 Å². The molecule has 0 aliphatic heterocycles. The highest BCUT2D eigenvalue weighted by molar-refractivity contribution is 7.17. The number of aromatic nitrogens is 3. The van der Waals surface area contributed by atoms with Crippen LogP contribution >= 0.6 is 11.3 Å². The van der Waals surface area contributed by atoms with Crippen molar-refractivity contribution in [3.05, 3.63) is 67.9 Å². The summed E-state index contributed by atoms with van der Waals surface area (Å²) in [4.78, 5) is 45.6. The topological polar surface area (TPSA) is 128 Å². The molecule has 38 heavy (non-hydrogen) atoms. The predicted molar refractivity (Wildman–Crippen MR) is 144 cm³/mol. The van der Waals surface area contributed by atoms with Gasteiger partial charge in [-0.2, -0.15) is 0 Å². The molecule has 0 unspecified atom stereocenters. The first-order valence-electron chi connectivity index (χ1n) is 12.7. The minimum atomic E-state index is -0.570. The summed E-state index contributed by atoms with van der Waals surface area (Å²) in [6.45, 7) is 2.75. The summed E-state index contributed by atoms with van der Waals surface area (Å²) in [6.07, 6.45) is 5.78. The van der Waals surface area contributed by atoms with Crippen molar-refractivity contribution in [2.45, 2.75) is 45.6 Å². The van der Waals surface area contributed by atoms with E-state index < -0.39 is 11.9 Å². The Morgan fingerprint density at radius 2 is 2.05 bits per heavy atom. The quantitative estimate of drug-likeness (QED) is 0.202. The fourth-order valence-corrected chi connectivity index (χ4v) is 6.16. The molecule has 198 valence electrons. The number of carbonyl (C=O) groups excluding carboxylic acids is 2. The van der Waals surface area contributed by atoms with Crippen LogP contribution in [0.2, 0.25) is 0 Å². The molecule has 0 saturated carbocycles. The minimum absolute atomic E-state index is 0.0193. The molecule has 0 atom stereocenters. The number of pyridine rings is 2. The molecule has 0 aromatic carbocycles. The number of hydrogen-bond acceptors (Lipinski definition) is 8. The molecule has 5 rings (SSSR count). The Morgan fingerprint density at radius 1 is 1.24 bits per heavy atom. The van der Waals surface area contributed by atoms with Gasteiger partial charge in [-0.15, -0.1) is 11.3 Å². The maximum atomic E-state index is 13.6. The molecule has 0 fully saturated rings. The Morgan fingerprint density at radius 3 is 2.84 bits per heavy atom. The third-order valence-electron chi connectivity index (χ3n) is 6.67. The summed E-state index contributed by atoms with van der Waals surface area (Å²) in [6, 6.07) is 6.66. The molecule has 4 aromatic heterocycles. The van der Waals surface area contributed by atoms with Crippen LogP contribution in [-0.2, 0) is 28.9 Å². The van der Waals surface area contributed by atoms with Gasteiger partial charge in [0.05, 0.1) is 23.1 Å². The van der Waals surface area contributed by atoms with E-state index in [1.165, 1.54) is 21.8 Å². The number of nitrogens with zero attached hydrogens (tertiary/aromatic N) is 3. The summed E-state index contributed by atoms with van der Waals surface area (Å²) in [5.41, 5.74) is 1.72. The van der Waals surface area contributed by atoms with Crippen LogP contribution in [0, 0.1) is 5.41 Å². The number of rotatable bonds is 8. The molecule has 0 spiro atoms. The molecule has 11 heteroatoms. The summed E-state index contributed by atoms with van der Waals surface area (Å²) >= 11 is 1.38. The number of amides is 1. The van der Waals surface area contributed by atoms with Crippen molar-refractivity contribution in [3.8, 4) is 0 Å². The first-order valence-corrected chi connectivity index (χ1v) is 13.5. The summed E-state index contributed by atoms with van der Waals surface area (Å²) < 4.78 is 13.5. The monoisotopic (exact) mass is 535 g/mol. The van der Waals surface area contributed by atoms with Gasteiger partial charge in [0.2, 0.25) is 0 Å². The largest absolute Gasteiger partial charge is 0.462 e. The number of esters is 1. The molecule has 0 saturated heterocycles. The molecular weight excluding hydrogens is 506 g/mol. The van der Waals surface area contributed by atoms with Crippen LogP contribution < -0.4 is 16.4 Å².